The first-order chi connectivity index (χ1) is 14.8. The SMILES string of the molecule is CN=C(NCCCOCc1ccco1)NCC(c1cccc(C)c1)N1CCOCC1.I. The Kier molecular flexibility index (Phi) is 11.9. The Labute approximate surface area is 202 Å². The van der Waals surface area contributed by atoms with Gasteiger partial charge in [0.25, 0.3) is 0 Å². The Balaban J connectivity index is 0.00000341. The van der Waals surface area contributed by atoms with Crippen molar-refractivity contribution in [1.82, 2.24) is 15.5 Å². The van der Waals surface area contributed by atoms with Gasteiger partial charge in [-0.2, -0.15) is 0 Å². The summed E-state index contributed by atoms with van der Waals surface area (Å²) in [5.41, 5.74) is 2.61. The normalized spacial score (nSPS) is 15.9. The van der Waals surface area contributed by atoms with Crippen molar-refractivity contribution >= 4 is 29.9 Å². The van der Waals surface area contributed by atoms with Crippen molar-refractivity contribution in [3.05, 3.63) is 59.5 Å². The average Bonchev–Trinajstić information content (AvgIpc) is 3.29. The van der Waals surface area contributed by atoms with Gasteiger partial charge in [0.2, 0.25) is 0 Å². The number of hydrogen-bond acceptors (Lipinski definition) is 5. The van der Waals surface area contributed by atoms with Crippen molar-refractivity contribution in [3.63, 3.8) is 0 Å². The maximum absolute atomic E-state index is 5.63. The Morgan fingerprint density at radius 3 is 2.74 bits per heavy atom. The lowest BCUT2D eigenvalue weighted by Crippen LogP contribution is -2.46. The molecular weight excluding hydrogens is 507 g/mol. The number of benzene rings is 1. The van der Waals surface area contributed by atoms with Crippen LogP contribution in [0.3, 0.4) is 0 Å². The van der Waals surface area contributed by atoms with Gasteiger partial charge in [-0.3, -0.25) is 9.89 Å². The standard InChI is InChI=1S/C23H34N4O3.HI/c1-19-6-3-7-20(16-19)22(27-10-14-28-15-11-27)17-26-23(24-2)25-9-5-12-29-18-21-8-4-13-30-21;/h3-4,6-8,13,16,22H,5,9-12,14-15,17-18H2,1-2H3,(H2,24,25,26);1H. The van der Waals surface area contributed by atoms with Gasteiger partial charge in [-0.15, -0.1) is 24.0 Å². The molecule has 31 heavy (non-hydrogen) atoms. The highest BCUT2D eigenvalue weighted by Gasteiger charge is 2.23. The molecule has 0 bridgehead atoms. The number of nitrogens with zero attached hydrogens (tertiary/aromatic N) is 2. The van der Waals surface area contributed by atoms with Crippen molar-refractivity contribution in [3.8, 4) is 0 Å². The number of hydrogen-bond donors (Lipinski definition) is 2. The van der Waals surface area contributed by atoms with E-state index in [1.807, 2.05) is 12.1 Å². The van der Waals surface area contributed by atoms with Crippen molar-refractivity contribution in [2.24, 2.45) is 4.99 Å². The third-order valence-electron chi connectivity index (χ3n) is 5.18. The summed E-state index contributed by atoms with van der Waals surface area (Å²) in [7, 11) is 1.80. The minimum atomic E-state index is 0. The molecule has 1 saturated heterocycles. The average molecular weight is 542 g/mol. The number of nitrogens with one attached hydrogen (secondary N) is 2. The van der Waals surface area contributed by atoms with E-state index < -0.39 is 0 Å². The fourth-order valence-electron chi connectivity index (χ4n) is 3.59. The molecule has 1 atom stereocenters. The Hall–Kier alpha value is -1.62. The van der Waals surface area contributed by atoms with Gasteiger partial charge in [0.05, 0.1) is 25.5 Å². The molecule has 2 N–H and O–H groups in total. The lowest BCUT2D eigenvalue weighted by Gasteiger charge is -2.35. The molecule has 0 spiro atoms. The van der Waals surface area contributed by atoms with E-state index in [1.54, 1.807) is 13.3 Å². The van der Waals surface area contributed by atoms with E-state index in [0.29, 0.717) is 13.2 Å². The van der Waals surface area contributed by atoms with Gasteiger partial charge in [-0.25, -0.2) is 0 Å². The maximum Gasteiger partial charge on any atom is 0.191 e. The lowest BCUT2D eigenvalue weighted by molar-refractivity contribution is 0.0170. The zero-order chi connectivity index (χ0) is 21.0. The molecule has 1 aromatic heterocycles. The summed E-state index contributed by atoms with van der Waals surface area (Å²) < 4.78 is 16.4. The predicted molar refractivity (Wildman–Crippen MR) is 134 cm³/mol. The summed E-state index contributed by atoms with van der Waals surface area (Å²) in [5.74, 6) is 1.66. The Bertz CT molecular complexity index is 764. The van der Waals surface area contributed by atoms with Gasteiger partial charge in [-0.05, 0) is 31.0 Å². The fraction of sp³-hybridized carbons (Fsp3) is 0.522. The molecule has 8 heteroatoms. The number of morpholine rings is 1. The Morgan fingerprint density at radius 2 is 2.03 bits per heavy atom. The third kappa shape index (κ3) is 8.80. The van der Waals surface area contributed by atoms with Gasteiger partial charge in [-0.1, -0.05) is 29.8 Å². The molecule has 0 amide bonds. The first kappa shape index (κ1) is 25.6. The van der Waals surface area contributed by atoms with Gasteiger partial charge >= 0.3 is 0 Å². The second kappa shape index (κ2) is 14.4. The van der Waals surface area contributed by atoms with E-state index in [4.69, 9.17) is 13.9 Å². The molecular formula is C23H35IN4O3. The minimum Gasteiger partial charge on any atom is -0.467 e. The van der Waals surface area contributed by atoms with Gasteiger partial charge in [0.15, 0.2) is 5.96 Å². The number of aliphatic imine (C=N–C) groups is 1. The van der Waals surface area contributed by atoms with Crippen LogP contribution in [-0.2, 0) is 16.1 Å². The molecule has 3 rings (SSSR count). The number of furan rings is 1. The number of aryl methyl sites for hydroxylation is 1. The largest absolute Gasteiger partial charge is 0.467 e. The van der Waals surface area contributed by atoms with Gasteiger partial charge in [0.1, 0.15) is 12.4 Å². The Morgan fingerprint density at radius 1 is 1.19 bits per heavy atom. The number of halogens is 1. The number of guanidine groups is 1. The van der Waals surface area contributed by atoms with E-state index >= 15 is 0 Å². The first-order valence-electron chi connectivity index (χ1n) is 10.7. The number of rotatable bonds is 10. The maximum atomic E-state index is 5.63. The molecule has 1 unspecified atom stereocenters. The summed E-state index contributed by atoms with van der Waals surface area (Å²) in [4.78, 5) is 6.86. The molecule has 2 heterocycles. The molecule has 0 radical (unpaired) electrons. The van der Waals surface area contributed by atoms with Crippen molar-refractivity contribution in [2.45, 2.75) is 26.0 Å². The molecule has 1 fully saturated rings. The van der Waals surface area contributed by atoms with Crippen LogP contribution in [0.2, 0.25) is 0 Å². The van der Waals surface area contributed by atoms with E-state index in [9.17, 15) is 0 Å². The molecule has 1 aliphatic rings. The molecule has 172 valence electrons. The van der Waals surface area contributed by atoms with Crippen LogP contribution in [0.4, 0.5) is 0 Å². The summed E-state index contributed by atoms with van der Waals surface area (Å²) >= 11 is 0. The molecule has 1 aliphatic heterocycles. The summed E-state index contributed by atoms with van der Waals surface area (Å²) in [6, 6.07) is 12.8. The van der Waals surface area contributed by atoms with Crippen molar-refractivity contribution < 1.29 is 13.9 Å². The number of ether oxygens (including phenoxy) is 2. The minimum absolute atomic E-state index is 0. The van der Waals surface area contributed by atoms with E-state index in [2.05, 4.69) is 51.7 Å². The van der Waals surface area contributed by atoms with Crippen LogP contribution in [0.1, 0.15) is 29.3 Å². The van der Waals surface area contributed by atoms with Crippen LogP contribution >= 0.6 is 24.0 Å². The van der Waals surface area contributed by atoms with Crippen LogP contribution in [0.15, 0.2) is 52.1 Å². The molecule has 1 aromatic carbocycles. The molecule has 7 nitrogen and oxygen atoms in total. The lowest BCUT2D eigenvalue weighted by atomic mass is 10.0. The van der Waals surface area contributed by atoms with Crippen molar-refractivity contribution in [1.29, 1.82) is 0 Å². The van der Waals surface area contributed by atoms with E-state index in [-0.39, 0.29) is 30.0 Å². The molecule has 0 aliphatic carbocycles. The fourth-order valence-corrected chi connectivity index (χ4v) is 3.59. The van der Waals surface area contributed by atoms with E-state index in [1.165, 1.54) is 11.1 Å². The van der Waals surface area contributed by atoms with Crippen LogP contribution in [0.5, 0.6) is 0 Å². The first-order valence-corrected chi connectivity index (χ1v) is 10.7. The monoisotopic (exact) mass is 542 g/mol. The molecule has 2 aromatic rings. The highest BCUT2D eigenvalue weighted by Crippen LogP contribution is 2.22. The summed E-state index contributed by atoms with van der Waals surface area (Å²) in [5, 5.41) is 6.88. The molecule has 0 saturated carbocycles. The van der Waals surface area contributed by atoms with Crippen molar-refractivity contribution in [2.75, 3.05) is 53.0 Å². The smallest absolute Gasteiger partial charge is 0.191 e. The second-order valence-electron chi connectivity index (χ2n) is 7.44. The quantitative estimate of drug-likeness (QED) is 0.208. The zero-order valence-electron chi connectivity index (χ0n) is 18.5. The van der Waals surface area contributed by atoms with Crippen LogP contribution in [-0.4, -0.2) is 63.9 Å². The highest BCUT2D eigenvalue weighted by molar-refractivity contribution is 14.0. The van der Waals surface area contributed by atoms with E-state index in [0.717, 1.165) is 57.5 Å². The summed E-state index contributed by atoms with van der Waals surface area (Å²) in [6.45, 7) is 8.37. The highest BCUT2D eigenvalue weighted by atomic mass is 127. The zero-order valence-corrected chi connectivity index (χ0v) is 20.8. The van der Waals surface area contributed by atoms with Gasteiger partial charge < -0.3 is 24.5 Å². The van der Waals surface area contributed by atoms with Gasteiger partial charge in [0, 0.05) is 39.8 Å². The summed E-state index contributed by atoms with van der Waals surface area (Å²) in [6.07, 6.45) is 2.56. The third-order valence-corrected chi connectivity index (χ3v) is 5.18. The van der Waals surface area contributed by atoms with Crippen LogP contribution in [0.25, 0.3) is 0 Å². The predicted octanol–water partition coefficient (Wildman–Crippen LogP) is 3.35. The second-order valence-corrected chi connectivity index (χ2v) is 7.44. The van der Waals surface area contributed by atoms with Crippen LogP contribution in [0, 0.1) is 6.92 Å². The topological polar surface area (TPSA) is 71.3 Å². The van der Waals surface area contributed by atoms with Crippen LogP contribution < -0.4 is 10.6 Å².